The van der Waals surface area contributed by atoms with E-state index in [2.05, 4.69) is 25.8 Å². The van der Waals surface area contributed by atoms with E-state index in [1.165, 1.54) is 0 Å². The summed E-state index contributed by atoms with van der Waals surface area (Å²) in [5, 5.41) is 12.5. The van der Waals surface area contributed by atoms with Crippen LogP contribution in [0.15, 0.2) is 18.3 Å². The van der Waals surface area contributed by atoms with Crippen LogP contribution in [0.3, 0.4) is 0 Å². The second-order valence-electron chi connectivity index (χ2n) is 5.26. The summed E-state index contributed by atoms with van der Waals surface area (Å²) in [6.07, 6.45) is 3.90. The number of urea groups is 1. The van der Waals surface area contributed by atoms with Crippen LogP contribution in [0.1, 0.15) is 37.1 Å². The van der Waals surface area contributed by atoms with Gasteiger partial charge in [-0.25, -0.2) is 9.78 Å². The van der Waals surface area contributed by atoms with Crippen molar-refractivity contribution in [2.75, 3.05) is 17.2 Å². The van der Waals surface area contributed by atoms with E-state index < -0.39 is 0 Å². The van der Waals surface area contributed by atoms with Crippen LogP contribution < -0.4 is 15.4 Å². The predicted octanol–water partition coefficient (Wildman–Crippen LogP) is 3.03. The first kappa shape index (κ1) is 14.4. The molecular weight excluding hydrogens is 282 g/mol. The van der Waals surface area contributed by atoms with Crippen molar-refractivity contribution in [2.45, 2.75) is 32.6 Å². The Balaban J connectivity index is 1.64. The van der Waals surface area contributed by atoms with Gasteiger partial charge in [0.05, 0.1) is 29.9 Å². The molecule has 3 N–H and O–H groups in total. The van der Waals surface area contributed by atoms with Crippen molar-refractivity contribution in [3.8, 4) is 5.75 Å². The number of carbonyl (C=O) groups excluding carboxylic acids is 1. The first-order chi connectivity index (χ1) is 10.7. The van der Waals surface area contributed by atoms with Crippen LogP contribution >= 0.6 is 0 Å². The van der Waals surface area contributed by atoms with Gasteiger partial charge in [-0.05, 0) is 38.8 Å². The maximum absolute atomic E-state index is 12.1. The molecule has 0 aliphatic heterocycles. The topological polar surface area (TPSA) is 91.9 Å². The molecule has 0 radical (unpaired) electrons. The number of hydrogen-bond donors (Lipinski definition) is 3. The van der Waals surface area contributed by atoms with E-state index in [9.17, 15) is 4.79 Å². The van der Waals surface area contributed by atoms with Crippen molar-refractivity contribution in [3.05, 3.63) is 29.7 Å². The van der Waals surface area contributed by atoms with Crippen LogP contribution in [-0.2, 0) is 0 Å². The van der Waals surface area contributed by atoms with Crippen LogP contribution in [0.25, 0.3) is 0 Å². The molecule has 2 heterocycles. The number of carbonyl (C=O) groups is 1. The molecule has 1 aliphatic carbocycles. The fourth-order valence-electron chi connectivity index (χ4n) is 2.27. The Morgan fingerprint density at radius 2 is 2.23 bits per heavy atom. The number of nitrogens with zero attached hydrogens (tertiary/aromatic N) is 2. The summed E-state index contributed by atoms with van der Waals surface area (Å²) in [6, 6.07) is 3.18. The second kappa shape index (κ2) is 6.05. The Morgan fingerprint density at radius 3 is 2.91 bits per heavy atom. The van der Waals surface area contributed by atoms with Gasteiger partial charge in [-0.1, -0.05) is 0 Å². The van der Waals surface area contributed by atoms with Crippen molar-refractivity contribution in [1.82, 2.24) is 15.2 Å². The lowest BCUT2D eigenvalue weighted by Crippen LogP contribution is -2.20. The van der Waals surface area contributed by atoms with Gasteiger partial charge < -0.3 is 10.1 Å². The third-order valence-corrected chi connectivity index (χ3v) is 3.48. The molecule has 2 amide bonds. The molecule has 22 heavy (non-hydrogen) atoms. The Kier molecular flexibility index (Phi) is 3.95. The number of aryl methyl sites for hydroxylation is 1. The SMILES string of the molecule is CCOc1ccc(NC(=O)Nc2cn[nH]c2C2CC2)nc1C. The summed E-state index contributed by atoms with van der Waals surface area (Å²) in [7, 11) is 0. The summed E-state index contributed by atoms with van der Waals surface area (Å²) >= 11 is 0. The quantitative estimate of drug-likeness (QED) is 0.791. The van der Waals surface area contributed by atoms with Crippen molar-refractivity contribution < 1.29 is 9.53 Å². The van der Waals surface area contributed by atoms with Crippen LogP contribution in [0.4, 0.5) is 16.3 Å². The Morgan fingerprint density at radius 1 is 1.41 bits per heavy atom. The average Bonchev–Trinajstić information content (AvgIpc) is 3.22. The molecular formula is C15H19N5O2. The zero-order valence-electron chi connectivity index (χ0n) is 12.6. The summed E-state index contributed by atoms with van der Waals surface area (Å²) in [4.78, 5) is 16.4. The highest BCUT2D eigenvalue weighted by molar-refractivity contribution is 5.99. The smallest absolute Gasteiger partial charge is 0.324 e. The highest BCUT2D eigenvalue weighted by atomic mass is 16.5. The number of H-pyrrole nitrogens is 1. The number of anilines is 2. The second-order valence-corrected chi connectivity index (χ2v) is 5.26. The highest BCUT2D eigenvalue weighted by Crippen LogP contribution is 2.42. The van der Waals surface area contributed by atoms with Gasteiger partial charge in [-0.3, -0.25) is 10.4 Å². The lowest BCUT2D eigenvalue weighted by molar-refractivity contribution is 0.262. The van der Waals surface area contributed by atoms with Crippen molar-refractivity contribution >= 4 is 17.5 Å². The van der Waals surface area contributed by atoms with E-state index in [0.717, 1.165) is 35.7 Å². The predicted molar refractivity (Wildman–Crippen MR) is 83.3 cm³/mol. The van der Waals surface area contributed by atoms with Crippen LogP contribution in [0.2, 0.25) is 0 Å². The molecule has 2 aromatic heterocycles. The minimum Gasteiger partial charge on any atom is -0.492 e. The maximum atomic E-state index is 12.1. The van der Waals surface area contributed by atoms with Crippen molar-refractivity contribution in [3.63, 3.8) is 0 Å². The fourth-order valence-corrected chi connectivity index (χ4v) is 2.27. The normalized spacial score (nSPS) is 13.7. The van der Waals surface area contributed by atoms with E-state index >= 15 is 0 Å². The van der Waals surface area contributed by atoms with Gasteiger partial charge in [0.15, 0.2) is 0 Å². The molecule has 0 unspecified atom stereocenters. The average molecular weight is 301 g/mol. The summed E-state index contributed by atoms with van der Waals surface area (Å²) in [5.41, 5.74) is 2.45. The summed E-state index contributed by atoms with van der Waals surface area (Å²) in [5.74, 6) is 1.69. The molecule has 0 saturated heterocycles. The summed E-state index contributed by atoms with van der Waals surface area (Å²) in [6.45, 7) is 4.34. The molecule has 2 aromatic rings. The number of aromatic amines is 1. The van der Waals surface area contributed by atoms with Gasteiger partial charge in [-0.2, -0.15) is 5.10 Å². The van der Waals surface area contributed by atoms with Gasteiger partial charge in [0.1, 0.15) is 11.6 Å². The molecule has 1 aliphatic rings. The summed E-state index contributed by atoms with van der Waals surface area (Å²) < 4.78 is 5.43. The number of amides is 2. The molecule has 0 spiro atoms. The van der Waals surface area contributed by atoms with Gasteiger partial charge in [0, 0.05) is 5.92 Å². The lowest BCUT2D eigenvalue weighted by atomic mass is 10.2. The van der Waals surface area contributed by atoms with Gasteiger partial charge in [0.2, 0.25) is 0 Å². The number of pyridine rings is 1. The molecule has 1 fully saturated rings. The molecule has 0 bridgehead atoms. The molecule has 0 atom stereocenters. The number of aromatic nitrogens is 3. The molecule has 7 heteroatoms. The first-order valence-corrected chi connectivity index (χ1v) is 7.39. The molecule has 116 valence electrons. The van der Waals surface area contributed by atoms with Gasteiger partial charge >= 0.3 is 6.03 Å². The maximum Gasteiger partial charge on any atom is 0.324 e. The van der Waals surface area contributed by atoms with Crippen molar-refractivity contribution in [1.29, 1.82) is 0 Å². The fraction of sp³-hybridized carbons (Fsp3) is 0.400. The van der Waals surface area contributed by atoms with E-state index in [1.54, 1.807) is 18.3 Å². The minimum atomic E-state index is -0.334. The van der Waals surface area contributed by atoms with E-state index in [0.29, 0.717) is 18.3 Å². The minimum absolute atomic E-state index is 0.334. The third-order valence-electron chi connectivity index (χ3n) is 3.48. The first-order valence-electron chi connectivity index (χ1n) is 7.39. The monoisotopic (exact) mass is 301 g/mol. The van der Waals surface area contributed by atoms with E-state index in [-0.39, 0.29) is 6.03 Å². The van der Waals surface area contributed by atoms with Gasteiger partial charge in [-0.15, -0.1) is 0 Å². The number of ether oxygens (including phenoxy) is 1. The number of hydrogen-bond acceptors (Lipinski definition) is 4. The largest absolute Gasteiger partial charge is 0.492 e. The van der Waals surface area contributed by atoms with E-state index in [4.69, 9.17) is 4.74 Å². The standard InChI is InChI=1S/C15H19N5O2/c1-3-22-12-6-7-13(17-9(12)2)19-15(21)18-11-8-16-20-14(11)10-4-5-10/h6-8,10H,3-5H2,1-2H3,(H,16,20)(H2,17,18,19,21). The zero-order valence-corrected chi connectivity index (χ0v) is 12.6. The zero-order chi connectivity index (χ0) is 15.5. The highest BCUT2D eigenvalue weighted by Gasteiger charge is 2.28. The van der Waals surface area contributed by atoms with Crippen molar-refractivity contribution in [2.24, 2.45) is 0 Å². The third kappa shape index (κ3) is 3.19. The molecule has 0 aromatic carbocycles. The van der Waals surface area contributed by atoms with E-state index in [1.807, 2.05) is 13.8 Å². The number of nitrogens with one attached hydrogen (secondary N) is 3. The van der Waals surface area contributed by atoms with Gasteiger partial charge in [0.25, 0.3) is 0 Å². The molecule has 1 saturated carbocycles. The van der Waals surface area contributed by atoms with Crippen LogP contribution in [-0.4, -0.2) is 27.8 Å². The Hall–Kier alpha value is -2.57. The molecule has 7 nitrogen and oxygen atoms in total. The lowest BCUT2D eigenvalue weighted by Gasteiger charge is -2.10. The molecule has 3 rings (SSSR count). The van der Waals surface area contributed by atoms with Crippen LogP contribution in [0, 0.1) is 6.92 Å². The Labute approximate surface area is 128 Å². The Bertz CT molecular complexity index is 678. The van der Waals surface area contributed by atoms with Crippen LogP contribution in [0.5, 0.6) is 5.75 Å². The number of rotatable bonds is 5.